The lowest BCUT2D eigenvalue weighted by atomic mass is 10.1. The number of alkyl halides is 3. The molecule has 2 aromatic carbocycles. The Balaban J connectivity index is 1.71. The van der Waals surface area contributed by atoms with Crippen molar-refractivity contribution in [3.05, 3.63) is 59.9 Å². The normalized spacial score (nSPS) is 17.9. The number of sulfonamides is 1. The molecule has 1 atom stereocenters. The molecule has 150 valence electrons. The zero-order valence-electron chi connectivity index (χ0n) is 14.4. The first-order chi connectivity index (χ1) is 13.1. The van der Waals surface area contributed by atoms with Gasteiger partial charge in [-0.05, 0) is 42.3 Å². The number of hydrogen-bond donors (Lipinski definition) is 1. The summed E-state index contributed by atoms with van der Waals surface area (Å²) in [6.45, 7) is -0.0220. The minimum absolute atomic E-state index is 0.0286. The first-order valence-corrected chi connectivity index (χ1v) is 9.78. The van der Waals surface area contributed by atoms with Gasteiger partial charge in [0.25, 0.3) is 0 Å². The molecule has 1 amide bonds. The Morgan fingerprint density at radius 2 is 1.71 bits per heavy atom. The first kappa shape index (κ1) is 20.3. The van der Waals surface area contributed by atoms with Crippen LogP contribution in [0.2, 0.25) is 0 Å². The van der Waals surface area contributed by atoms with Crippen molar-refractivity contribution in [2.24, 2.45) is 5.92 Å². The van der Waals surface area contributed by atoms with Gasteiger partial charge in [0.15, 0.2) is 0 Å². The molecule has 3 rings (SSSR count). The van der Waals surface area contributed by atoms with Crippen molar-refractivity contribution in [1.29, 1.82) is 0 Å². The molecule has 1 aliphatic heterocycles. The lowest BCUT2D eigenvalue weighted by molar-refractivity contribution is -0.139. The SMILES string of the molecule is O=C1C[C@H](CNS(=O)(=O)c2ccccc2C(F)(F)F)CN1c1ccc(F)cc1. The van der Waals surface area contributed by atoms with E-state index in [0.717, 1.165) is 12.1 Å². The van der Waals surface area contributed by atoms with Crippen molar-refractivity contribution in [1.82, 2.24) is 4.72 Å². The fourth-order valence-corrected chi connectivity index (χ4v) is 4.37. The van der Waals surface area contributed by atoms with Crippen LogP contribution in [0.1, 0.15) is 12.0 Å². The number of hydrogen-bond acceptors (Lipinski definition) is 3. The highest BCUT2D eigenvalue weighted by molar-refractivity contribution is 7.89. The number of carbonyl (C=O) groups excluding carboxylic acids is 1. The second-order valence-corrected chi connectivity index (χ2v) is 8.13. The number of amides is 1. The fourth-order valence-electron chi connectivity index (χ4n) is 3.03. The Hall–Kier alpha value is -2.46. The number of benzene rings is 2. The van der Waals surface area contributed by atoms with Gasteiger partial charge < -0.3 is 4.90 Å². The van der Waals surface area contributed by atoms with Crippen molar-refractivity contribution in [3.63, 3.8) is 0 Å². The molecular formula is C18H16F4N2O3S. The molecule has 0 saturated carbocycles. The van der Waals surface area contributed by atoms with E-state index in [1.165, 1.54) is 35.2 Å². The maximum Gasteiger partial charge on any atom is 0.417 e. The average Bonchev–Trinajstić information content (AvgIpc) is 3.01. The van der Waals surface area contributed by atoms with Gasteiger partial charge in [-0.3, -0.25) is 4.79 Å². The standard InChI is InChI=1S/C18H16F4N2O3S/c19-13-5-7-14(8-6-13)24-11-12(9-17(24)25)10-23-28(26,27)16-4-2-1-3-15(16)18(20,21)22/h1-8,12,23H,9-11H2/t12-/m1/s1. The van der Waals surface area contributed by atoms with Crippen molar-refractivity contribution >= 4 is 21.6 Å². The van der Waals surface area contributed by atoms with E-state index < -0.39 is 38.4 Å². The van der Waals surface area contributed by atoms with Crippen LogP contribution in [-0.4, -0.2) is 27.4 Å². The van der Waals surface area contributed by atoms with E-state index in [0.29, 0.717) is 11.8 Å². The Bertz CT molecular complexity index is 975. The highest BCUT2D eigenvalue weighted by Gasteiger charge is 2.37. The Labute approximate surface area is 159 Å². The van der Waals surface area contributed by atoms with Gasteiger partial charge in [0.05, 0.1) is 10.5 Å². The maximum atomic E-state index is 13.1. The van der Waals surface area contributed by atoms with Crippen LogP contribution in [0.25, 0.3) is 0 Å². The van der Waals surface area contributed by atoms with Crippen LogP contribution in [0, 0.1) is 11.7 Å². The molecule has 28 heavy (non-hydrogen) atoms. The summed E-state index contributed by atoms with van der Waals surface area (Å²) in [6.07, 6.45) is -4.78. The predicted octanol–water partition coefficient (Wildman–Crippen LogP) is 3.18. The van der Waals surface area contributed by atoms with Crippen LogP contribution < -0.4 is 9.62 Å². The largest absolute Gasteiger partial charge is 0.417 e. The smallest absolute Gasteiger partial charge is 0.312 e. The molecule has 1 saturated heterocycles. The number of rotatable bonds is 5. The summed E-state index contributed by atoms with van der Waals surface area (Å²) >= 11 is 0. The summed E-state index contributed by atoms with van der Waals surface area (Å²) in [5.74, 6) is -1.15. The lowest BCUT2D eigenvalue weighted by Gasteiger charge is -2.17. The van der Waals surface area contributed by atoms with Gasteiger partial charge in [0.2, 0.25) is 15.9 Å². The van der Waals surface area contributed by atoms with Crippen molar-refractivity contribution < 1.29 is 30.8 Å². The maximum absolute atomic E-state index is 13.1. The van der Waals surface area contributed by atoms with Crippen LogP contribution in [-0.2, 0) is 21.0 Å². The quantitative estimate of drug-likeness (QED) is 0.762. The third kappa shape index (κ3) is 4.33. The zero-order chi connectivity index (χ0) is 20.5. The molecule has 5 nitrogen and oxygen atoms in total. The molecule has 10 heteroatoms. The summed E-state index contributed by atoms with van der Waals surface area (Å²) in [5.41, 5.74) is -0.780. The van der Waals surface area contributed by atoms with E-state index in [4.69, 9.17) is 0 Å². The third-order valence-electron chi connectivity index (χ3n) is 4.39. The first-order valence-electron chi connectivity index (χ1n) is 8.30. The monoisotopic (exact) mass is 416 g/mol. The van der Waals surface area contributed by atoms with Crippen LogP contribution >= 0.6 is 0 Å². The highest BCUT2D eigenvalue weighted by atomic mass is 32.2. The summed E-state index contributed by atoms with van der Waals surface area (Å²) in [7, 11) is -4.42. The van der Waals surface area contributed by atoms with E-state index in [1.54, 1.807) is 0 Å². The molecule has 1 fully saturated rings. The van der Waals surface area contributed by atoms with Gasteiger partial charge >= 0.3 is 6.18 Å². The second-order valence-electron chi connectivity index (χ2n) is 6.40. The number of nitrogens with zero attached hydrogens (tertiary/aromatic N) is 1. The van der Waals surface area contributed by atoms with E-state index in [1.807, 2.05) is 0 Å². The zero-order valence-corrected chi connectivity index (χ0v) is 15.2. The van der Waals surface area contributed by atoms with Gasteiger partial charge in [-0.1, -0.05) is 12.1 Å². The fraction of sp³-hybridized carbons (Fsp3) is 0.278. The summed E-state index contributed by atoms with van der Waals surface area (Å²) in [4.78, 5) is 12.7. The summed E-state index contributed by atoms with van der Waals surface area (Å²) in [6, 6.07) is 9.16. The number of anilines is 1. The molecule has 2 aromatic rings. The molecule has 0 aromatic heterocycles. The van der Waals surface area contributed by atoms with Crippen LogP contribution in [0.3, 0.4) is 0 Å². The van der Waals surface area contributed by atoms with Crippen molar-refractivity contribution in [2.45, 2.75) is 17.5 Å². The van der Waals surface area contributed by atoms with Crippen LogP contribution in [0.5, 0.6) is 0 Å². The molecule has 0 spiro atoms. The summed E-state index contributed by atoms with van der Waals surface area (Å²) in [5, 5.41) is 0. The van der Waals surface area contributed by atoms with E-state index in [2.05, 4.69) is 4.72 Å². The number of halogens is 4. The topological polar surface area (TPSA) is 66.5 Å². The van der Waals surface area contributed by atoms with Gasteiger partial charge in [0, 0.05) is 25.2 Å². The average molecular weight is 416 g/mol. The minimum Gasteiger partial charge on any atom is -0.312 e. The minimum atomic E-state index is -4.81. The Kier molecular flexibility index (Phi) is 5.44. The van der Waals surface area contributed by atoms with Gasteiger partial charge in [0.1, 0.15) is 5.82 Å². The van der Waals surface area contributed by atoms with Crippen LogP contribution in [0.4, 0.5) is 23.2 Å². The van der Waals surface area contributed by atoms with Crippen LogP contribution in [0.15, 0.2) is 53.4 Å². The van der Waals surface area contributed by atoms with Crippen molar-refractivity contribution in [2.75, 3.05) is 18.0 Å². The number of nitrogens with one attached hydrogen (secondary N) is 1. The molecule has 1 heterocycles. The van der Waals surface area contributed by atoms with Gasteiger partial charge in [-0.15, -0.1) is 0 Å². The molecule has 0 radical (unpaired) electrons. The summed E-state index contributed by atoms with van der Waals surface area (Å²) < 4.78 is 79.1. The van der Waals surface area contributed by atoms with Crippen molar-refractivity contribution in [3.8, 4) is 0 Å². The van der Waals surface area contributed by atoms with Gasteiger partial charge in [-0.25, -0.2) is 17.5 Å². The molecule has 0 unspecified atom stereocenters. The number of carbonyl (C=O) groups is 1. The Morgan fingerprint density at radius 1 is 1.07 bits per heavy atom. The van der Waals surface area contributed by atoms with E-state index in [-0.39, 0.29) is 25.4 Å². The van der Waals surface area contributed by atoms with Gasteiger partial charge in [-0.2, -0.15) is 13.2 Å². The Morgan fingerprint density at radius 3 is 2.36 bits per heavy atom. The highest BCUT2D eigenvalue weighted by Crippen LogP contribution is 2.34. The third-order valence-corrected chi connectivity index (χ3v) is 5.87. The molecule has 1 N–H and O–H groups in total. The molecule has 1 aliphatic rings. The van der Waals surface area contributed by atoms with E-state index in [9.17, 15) is 30.8 Å². The molecular weight excluding hydrogens is 400 g/mol. The van der Waals surface area contributed by atoms with E-state index >= 15 is 0 Å². The predicted molar refractivity (Wildman–Crippen MR) is 93.5 cm³/mol. The molecule has 0 aliphatic carbocycles. The lowest BCUT2D eigenvalue weighted by Crippen LogP contribution is -2.32. The molecule has 0 bridgehead atoms. The second kappa shape index (κ2) is 7.51.